The van der Waals surface area contributed by atoms with E-state index < -0.39 is 0 Å². The van der Waals surface area contributed by atoms with Crippen molar-refractivity contribution in [3.05, 3.63) is 34.9 Å². The fraction of sp³-hybridized carbons (Fsp3) is 0.571. The van der Waals surface area contributed by atoms with E-state index in [4.69, 9.17) is 11.6 Å². The molecule has 0 spiro atoms. The standard InChI is InChI=1S/C14H20ClNO.Y/c1-11-7-13(10-17)9-16(11)6-5-12-3-2-4-14(15)8-12;/h2-4,8,11,13,17H,5-7,9-10H2,1H3;. The fourth-order valence-electron chi connectivity index (χ4n) is 2.63. The van der Waals surface area contributed by atoms with Gasteiger partial charge in [-0.05, 0) is 43.4 Å². The summed E-state index contributed by atoms with van der Waals surface area (Å²) in [5, 5.41) is 9.99. The van der Waals surface area contributed by atoms with Crippen LogP contribution < -0.4 is 0 Å². The SMILES string of the molecule is CC1CC(CO)CN1CCc1cccc(Cl)c1.[Y]. The predicted molar refractivity (Wildman–Crippen MR) is 71.4 cm³/mol. The first-order valence-corrected chi connectivity index (χ1v) is 6.66. The molecule has 0 amide bonds. The molecule has 1 aliphatic heterocycles. The molecule has 2 nitrogen and oxygen atoms in total. The van der Waals surface area contributed by atoms with Crippen molar-refractivity contribution < 1.29 is 37.8 Å². The molecule has 1 heterocycles. The zero-order valence-corrected chi connectivity index (χ0v) is 14.4. The average Bonchev–Trinajstić information content (AvgIpc) is 2.68. The van der Waals surface area contributed by atoms with Crippen molar-refractivity contribution in [3.8, 4) is 0 Å². The monoisotopic (exact) mass is 342 g/mol. The fourth-order valence-corrected chi connectivity index (χ4v) is 2.84. The molecule has 1 aromatic rings. The number of rotatable bonds is 4. The first-order valence-electron chi connectivity index (χ1n) is 6.28. The second-order valence-electron chi connectivity index (χ2n) is 5.01. The first-order chi connectivity index (χ1) is 8.19. The minimum atomic E-state index is 0. The van der Waals surface area contributed by atoms with Crippen LogP contribution in [0.2, 0.25) is 5.02 Å². The van der Waals surface area contributed by atoms with Crippen LogP contribution in [0.25, 0.3) is 0 Å². The maximum Gasteiger partial charge on any atom is 0.0472 e. The van der Waals surface area contributed by atoms with Gasteiger partial charge in [0, 0.05) is 63.5 Å². The molecule has 18 heavy (non-hydrogen) atoms. The van der Waals surface area contributed by atoms with Crippen molar-refractivity contribution in [2.45, 2.75) is 25.8 Å². The third-order valence-corrected chi connectivity index (χ3v) is 3.86. The van der Waals surface area contributed by atoms with Crippen LogP contribution in [0.15, 0.2) is 24.3 Å². The van der Waals surface area contributed by atoms with Crippen molar-refractivity contribution in [1.82, 2.24) is 4.90 Å². The zero-order chi connectivity index (χ0) is 12.3. The maximum atomic E-state index is 9.18. The zero-order valence-electron chi connectivity index (χ0n) is 10.8. The Morgan fingerprint density at radius 2 is 2.22 bits per heavy atom. The maximum absolute atomic E-state index is 9.18. The van der Waals surface area contributed by atoms with Crippen LogP contribution >= 0.6 is 11.6 Å². The van der Waals surface area contributed by atoms with Gasteiger partial charge in [0.2, 0.25) is 0 Å². The number of benzene rings is 1. The second-order valence-corrected chi connectivity index (χ2v) is 5.44. The quantitative estimate of drug-likeness (QED) is 0.909. The molecule has 2 rings (SSSR count). The summed E-state index contributed by atoms with van der Waals surface area (Å²) in [4.78, 5) is 2.46. The Balaban J connectivity index is 0.00000162. The largest absolute Gasteiger partial charge is 0.396 e. The number of nitrogens with zero attached hydrogens (tertiary/aromatic N) is 1. The summed E-state index contributed by atoms with van der Waals surface area (Å²) in [7, 11) is 0. The molecular formula is C14H20ClNOY. The number of aliphatic hydroxyl groups is 1. The van der Waals surface area contributed by atoms with Crippen LogP contribution in [-0.2, 0) is 39.1 Å². The molecule has 1 saturated heterocycles. The summed E-state index contributed by atoms with van der Waals surface area (Å²) in [5.74, 6) is 0.462. The Morgan fingerprint density at radius 1 is 1.44 bits per heavy atom. The van der Waals surface area contributed by atoms with E-state index in [0.717, 1.165) is 31.0 Å². The normalized spacial score (nSPS) is 23.9. The summed E-state index contributed by atoms with van der Waals surface area (Å²) >= 11 is 5.97. The number of likely N-dealkylation sites (tertiary alicyclic amines) is 1. The van der Waals surface area contributed by atoms with Crippen molar-refractivity contribution >= 4 is 11.6 Å². The van der Waals surface area contributed by atoms with Crippen molar-refractivity contribution in [2.24, 2.45) is 5.92 Å². The van der Waals surface area contributed by atoms with E-state index >= 15 is 0 Å². The van der Waals surface area contributed by atoms with Gasteiger partial charge in [-0.25, -0.2) is 0 Å². The Morgan fingerprint density at radius 3 is 2.83 bits per heavy atom. The summed E-state index contributed by atoms with van der Waals surface area (Å²) in [6, 6.07) is 8.65. The Hall–Kier alpha value is 0.534. The van der Waals surface area contributed by atoms with Gasteiger partial charge in [-0.15, -0.1) is 0 Å². The third-order valence-electron chi connectivity index (χ3n) is 3.63. The third kappa shape index (κ3) is 4.57. The van der Waals surface area contributed by atoms with Crippen molar-refractivity contribution in [3.63, 3.8) is 0 Å². The molecule has 1 radical (unpaired) electrons. The van der Waals surface area contributed by atoms with Gasteiger partial charge in [0.25, 0.3) is 0 Å². The van der Waals surface area contributed by atoms with Gasteiger partial charge in [0.15, 0.2) is 0 Å². The Labute approximate surface area is 140 Å². The van der Waals surface area contributed by atoms with E-state index in [1.165, 1.54) is 5.56 Å². The second kappa shape index (κ2) is 7.96. The molecule has 1 N–H and O–H groups in total. The average molecular weight is 343 g/mol. The summed E-state index contributed by atoms with van der Waals surface area (Å²) < 4.78 is 0. The molecule has 1 aromatic carbocycles. The van der Waals surface area contributed by atoms with Gasteiger partial charge in [-0.1, -0.05) is 23.7 Å². The van der Waals surface area contributed by atoms with E-state index in [1.807, 2.05) is 18.2 Å². The molecule has 0 aromatic heterocycles. The molecule has 1 aliphatic rings. The van der Waals surface area contributed by atoms with Gasteiger partial charge in [0.05, 0.1) is 0 Å². The van der Waals surface area contributed by atoms with Gasteiger partial charge in [-0.3, -0.25) is 4.90 Å². The summed E-state index contributed by atoms with van der Waals surface area (Å²) in [6.45, 7) is 4.64. The van der Waals surface area contributed by atoms with Crippen molar-refractivity contribution in [1.29, 1.82) is 0 Å². The van der Waals surface area contributed by atoms with Crippen LogP contribution in [0.5, 0.6) is 0 Å². The first kappa shape index (κ1) is 16.6. The van der Waals surface area contributed by atoms with E-state index in [0.29, 0.717) is 18.6 Å². The van der Waals surface area contributed by atoms with Crippen LogP contribution in [0.1, 0.15) is 18.9 Å². The van der Waals surface area contributed by atoms with E-state index in [9.17, 15) is 5.11 Å². The predicted octanol–water partition coefficient (Wildman–Crippen LogP) is 2.58. The topological polar surface area (TPSA) is 23.5 Å². The van der Waals surface area contributed by atoms with Crippen LogP contribution in [0.3, 0.4) is 0 Å². The van der Waals surface area contributed by atoms with Crippen molar-refractivity contribution in [2.75, 3.05) is 19.7 Å². The number of hydrogen-bond donors (Lipinski definition) is 1. The summed E-state index contributed by atoms with van der Waals surface area (Å²) in [6.07, 6.45) is 2.15. The van der Waals surface area contributed by atoms with E-state index in [-0.39, 0.29) is 32.7 Å². The van der Waals surface area contributed by atoms with Crippen LogP contribution in [0.4, 0.5) is 0 Å². The van der Waals surface area contributed by atoms with Gasteiger partial charge < -0.3 is 5.11 Å². The number of aliphatic hydroxyl groups excluding tert-OH is 1. The molecule has 2 atom stereocenters. The Kier molecular flexibility index (Phi) is 7.34. The molecule has 0 bridgehead atoms. The summed E-state index contributed by atoms with van der Waals surface area (Å²) in [5.41, 5.74) is 1.29. The van der Waals surface area contributed by atoms with E-state index in [2.05, 4.69) is 17.9 Å². The molecule has 0 saturated carbocycles. The van der Waals surface area contributed by atoms with Gasteiger partial charge in [0.1, 0.15) is 0 Å². The minimum absolute atomic E-state index is 0. The molecule has 4 heteroatoms. The molecule has 1 fully saturated rings. The molecule has 0 aliphatic carbocycles. The minimum Gasteiger partial charge on any atom is -0.396 e. The molecule has 2 unspecified atom stereocenters. The molecular weight excluding hydrogens is 323 g/mol. The van der Waals surface area contributed by atoms with E-state index in [1.54, 1.807) is 0 Å². The van der Waals surface area contributed by atoms with Crippen LogP contribution in [0, 0.1) is 5.92 Å². The smallest absolute Gasteiger partial charge is 0.0472 e. The van der Waals surface area contributed by atoms with Gasteiger partial charge in [-0.2, -0.15) is 0 Å². The Bertz CT molecular complexity index is 375. The number of hydrogen-bond acceptors (Lipinski definition) is 2. The number of halogens is 1. The van der Waals surface area contributed by atoms with Crippen LogP contribution in [-0.4, -0.2) is 35.7 Å². The van der Waals surface area contributed by atoms with Gasteiger partial charge >= 0.3 is 0 Å². The molecule has 97 valence electrons.